The molecule has 0 aliphatic heterocycles. The number of nitrogens with zero attached hydrogens (tertiary/aromatic N) is 4. The molecule has 0 aliphatic rings. The van der Waals surface area contributed by atoms with Crippen molar-refractivity contribution in [2.24, 2.45) is 0 Å². The highest BCUT2D eigenvalue weighted by atomic mass is 16.3. The normalized spacial score (nSPS) is 11.7. The molecule has 4 aromatic heterocycles. The second-order valence-corrected chi connectivity index (χ2v) is 35.3. The molecule has 0 saturated carbocycles. The van der Waals surface area contributed by atoms with Crippen LogP contribution in [0, 0.1) is 0 Å². The molecule has 0 atom stereocenters. The van der Waals surface area contributed by atoms with Crippen LogP contribution in [0.2, 0.25) is 0 Å². The first kappa shape index (κ1) is 78.9. The highest BCUT2D eigenvalue weighted by molar-refractivity contribution is 6.16. The molecular formula is C130H84N4O2. The van der Waals surface area contributed by atoms with Crippen molar-refractivity contribution < 1.29 is 8.83 Å². The second-order valence-electron chi connectivity index (χ2n) is 35.3. The predicted octanol–water partition coefficient (Wildman–Crippen LogP) is 36.4. The summed E-state index contributed by atoms with van der Waals surface area (Å²) >= 11 is 0. The van der Waals surface area contributed by atoms with E-state index in [4.69, 9.17) is 8.83 Å². The molecule has 0 N–H and O–H groups in total. The van der Waals surface area contributed by atoms with E-state index in [1.165, 1.54) is 54.7 Å². The van der Waals surface area contributed by atoms with Crippen LogP contribution in [0.1, 0.15) is 0 Å². The van der Waals surface area contributed by atoms with Gasteiger partial charge in [-0.05, 0) is 228 Å². The van der Waals surface area contributed by atoms with Crippen molar-refractivity contribution in [3.63, 3.8) is 0 Å². The summed E-state index contributed by atoms with van der Waals surface area (Å²) in [5.74, 6) is 0. The first-order valence-corrected chi connectivity index (χ1v) is 46.6. The zero-order chi connectivity index (χ0) is 89.7. The smallest absolute Gasteiger partial charge is 0.143 e. The van der Waals surface area contributed by atoms with Crippen molar-refractivity contribution >= 4 is 132 Å². The molecule has 26 aromatic rings. The van der Waals surface area contributed by atoms with E-state index in [1.54, 1.807) is 0 Å². The van der Waals surface area contributed by atoms with Crippen molar-refractivity contribution in [1.29, 1.82) is 0 Å². The van der Waals surface area contributed by atoms with Gasteiger partial charge >= 0.3 is 0 Å². The number of rotatable bonds is 18. The van der Waals surface area contributed by atoms with Gasteiger partial charge in [-0.15, -0.1) is 0 Å². The molecule has 0 fully saturated rings. The minimum Gasteiger partial charge on any atom is -0.455 e. The van der Waals surface area contributed by atoms with Crippen molar-refractivity contribution in [2.75, 3.05) is 9.80 Å². The summed E-state index contributed by atoms with van der Waals surface area (Å²) < 4.78 is 18.6. The molecule has 26 rings (SSSR count). The minimum absolute atomic E-state index is 0.859. The molecule has 0 radical (unpaired) electrons. The van der Waals surface area contributed by atoms with E-state index in [9.17, 15) is 0 Å². The number of benzene rings is 22. The number of aromatic nitrogens is 2. The number of furan rings is 2. The lowest BCUT2D eigenvalue weighted by Crippen LogP contribution is -2.11. The molecule has 22 aromatic carbocycles. The van der Waals surface area contributed by atoms with Crippen molar-refractivity contribution in [3.8, 4) is 123 Å². The Bertz CT molecular complexity index is 9050. The molecule has 136 heavy (non-hydrogen) atoms. The van der Waals surface area contributed by atoms with Gasteiger partial charge < -0.3 is 27.8 Å². The lowest BCUT2D eigenvalue weighted by Gasteiger charge is -2.28. The van der Waals surface area contributed by atoms with Crippen LogP contribution in [-0.2, 0) is 0 Å². The van der Waals surface area contributed by atoms with Crippen LogP contribution < -0.4 is 9.80 Å². The van der Waals surface area contributed by atoms with Crippen LogP contribution in [0.25, 0.3) is 221 Å². The second kappa shape index (κ2) is 33.1. The summed E-state index contributed by atoms with van der Waals surface area (Å²) in [5.41, 5.74) is 39.1. The Morgan fingerprint density at radius 1 is 0.154 bits per heavy atom. The largest absolute Gasteiger partial charge is 0.455 e. The molecule has 0 bridgehead atoms. The Kier molecular flexibility index (Phi) is 19.2. The molecule has 0 saturated heterocycles. The Hall–Kier alpha value is -18.1. The van der Waals surface area contributed by atoms with Gasteiger partial charge in [0.25, 0.3) is 0 Å². The van der Waals surface area contributed by atoms with Crippen LogP contribution in [0.4, 0.5) is 34.1 Å². The maximum atomic E-state index is 7.23. The van der Waals surface area contributed by atoms with E-state index in [0.717, 1.165) is 200 Å². The first-order valence-electron chi connectivity index (χ1n) is 46.6. The third kappa shape index (κ3) is 13.7. The molecular weight excluding hydrogens is 1650 g/mol. The monoisotopic (exact) mass is 1730 g/mol. The number of hydrogen-bond donors (Lipinski definition) is 0. The SMILES string of the molecule is c1ccc(-c2cccc(-c3ccccc3N(c3ccc(-c4cccc(-c5cccc6c5oc5c(-c7ccc8cc(-c9ccc(N(c%10ccc(-c%11cccc(-c%12cccc%13c%12oc%12ccccc%12%13)c%11)cc%10)c%10ccc(-c%11ccccc%11-n%11c%12ccccc%12c%12ccccc%12%11)cc%10)cc9)ccc8c7)cccc56)c4)cc3)c3ccc(-c4ccccc4-n4c5ccccc5c5ccccc54)cc3)c2)cc1. The molecule has 6 nitrogen and oxygen atoms in total. The highest BCUT2D eigenvalue weighted by Crippen LogP contribution is 2.49. The Balaban J connectivity index is 0.499. The maximum absolute atomic E-state index is 7.23. The van der Waals surface area contributed by atoms with Crippen LogP contribution in [-0.4, -0.2) is 9.13 Å². The number of para-hydroxylation sites is 11. The zero-order valence-corrected chi connectivity index (χ0v) is 74.1. The van der Waals surface area contributed by atoms with Crippen LogP contribution in [0.3, 0.4) is 0 Å². The lowest BCUT2D eigenvalue weighted by atomic mass is 9.96. The molecule has 0 amide bonds. The third-order valence-electron chi connectivity index (χ3n) is 27.6. The predicted molar refractivity (Wildman–Crippen MR) is 571 cm³/mol. The fourth-order valence-electron chi connectivity index (χ4n) is 21.0. The first-order chi connectivity index (χ1) is 67.4. The van der Waals surface area contributed by atoms with E-state index in [0.29, 0.717) is 0 Å². The van der Waals surface area contributed by atoms with E-state index in [-0.39, 0.29) is 0 Å². The Morgan fingerprint density at radius 3 is 0.875 bits per heavy atom. The average molecular weight is 1730 g/mol. The lowest BCUT2D eigenvalue weighted by molar-refractivity contribution is 0.670. The molecule has 636 valence electrons. The zero-order valence-electron chi connectivity index (χ0n) is 74.1. The van der Waals surface area contributed by atoms with Gasteiger partial charge in [0, 0.05) is 105 Å². The third-order valence-corrected chi connectivity index (χ3v) is 27.6. The number of fused-ring (bicyclic) bond motifs is 13. The molecule has 0 aliphatic carbocycles. The number of hydrogen-bond acceptors (Lipinski definition) is 4. The van der Waals surface area contributed by atoms with E-state index in [2.05, 4.69) is 516 Å². The van der Waals surface area contributed by atoms with Crippen LogP contribution >= 0.6 is 0 Å². The topological polar surface area (TPSA) is 42.6 Å². The quantitative estimate of drug-likeness (QED) is 0.0859. The van der Waals surface area contributed by atoms with Gasteiger partial charge in [-0.2, -0.15) is 0 Å². The van der Waals surface area contributed by atoms with Crippen LogP contribution in [0.5, 0.6) is 0 Å². The molecule has 0 spiro atoms. The standard InChI is InChI=1S/C130H84N4O2/c1-2-26-85(27-3-1)91-28-20-31-97(81-91)108-36-6-12-48-120(108)132(105-78-68-90(69-79-105)107-35-5-14-50-122(107)134-125-53-17-9-39-114(125)115-40-10-18-54-126(115)134)104-74-64-87(65-75-104)93-30-22-33-99(83-93)110-43-24-46-118-119-47-25-44-111(130(119)136-129(110)118)100-59-58-95-80-94(56-57-96(95)84-100)88-62-72-102(73-63-88)131(101-70-60-86(61-71-101)92-29-21-32-98(82-92)109-42-23-45-117-116-41-11-19-55-127(116)135-128(109)117)103-76-66-89(67-77-103)106-34-4-13-49-121(106)133-123-51-15-7-37-112(123)113-38-8-16-52-124(113)133/h1-84H. The van der Waals surface area contributed by atoms with Gasteiger partial charge in [0.15, 0.2) is 0 Å². The van der Waals surface area contributed by atoms with Gasteiger partial charge in [-0.3, -0.25) is 0 Å². The van der Waals surface area contributed by atoms with E-state index in [1.807, 2.05) is 12.1 Å². The minimum atomic E-state index is 0.859. The summed E-state index contributed by atoms with van der Waals surface area (Å²) in [4.78, 5) is 4.78. The summed E-state index contributed by atoms with van der Waals surface area (Å²) in [5, 5.41) is 11.6. The summed E-state index contributed by atoms with van der Waals surface area (Å²) in [7, 11) is 0. The van der Waals surface area contributed by atoms with Gasteiger partial charge in [-0.25, -0.2) is 0 Å². The fourth-order valence-corrected chi connectivity index (χ4v) is 21.0. The van der Waals surface area contributed by atoms with E-state index < -0.39 is 0 Å². The summed E-state index contributed by atoms with van der Waals surface area (Å²) in [6.07, 6.45) is 0. The van der Waals surface area contributed by atoms with Gasteiger partial charge in [0.2, 0.25) is 0 Å². The summed E-state index contributed by atoms with van der Waals surface area (Å²) in [6.45, 7) is 0. The average Bonchev–Trinajstić information content (AvgIpc) is 1.62. The Morgan fingerprint density at radius 2 is 0.426 bits per heavy atom. The maximum Gasteiger partial charge on any atom is 0.143 e. The van der Waals surface area contributed by atoms with Gasteiger partial charge in [-0.1, -0.05) is 370 Å². The molecule has 4 heterocycles. The summed E-state index contributed by atoms with van der Waals surface area (Å²) in [6, 6.07) is 185. The number of anilines is 6. The van der Waals surface area contributed by atoms with Gasteiger partial charge in [0.1, 0.15) is 22.3 Å². The fraction of sp³-hybridized carbons (Fsp3) is 0. The van der Waals surface area contributed by atoms with E-state index >= 15 is 0 Å². The van der Waals surface area contributed by atoms with Crippen molar-refractivity contribution in [2.45, 2.75) is 0 Å². The Labute approximate surface area is 786 Å². The molecule has 6 heteroatoms. The highest BCUT2D eigenvalue weighted by Gasteiger charge is 2.25. The van der Waals surface area contributed by atoms with Crippen molar-refractivity contribution in [1.82, 2.24) is 9.13 Å². The van der Waals surface area contributed by atoms with Crippen LogP contribution in [0.15, 0.2) is 518 Å². The van der Waals surface area contributed by atoms with Crippen molar-refractivity contribution in [3.05, 3.63) is 510 Å². The van der Waals surface area contributed by atoms with Gasteiger partial charge in [0.05, 0.1) is 39.1 Å². The molecule has 0 unspecified atom stereocenters.